The van der Waals surface area contributed by atoms with Crippen molar-refractivity contribution in [2.24, 2.45) is 0 Å². The smallest absolute Gasteiger partial charge is 0.0925 e. The zero-order valence-corrected chi connectivity index (χ0v) is 7.03. The van der Waals surface area contributed by atoms with E-state index in [2.05, 4.69) is 16.9 Å². The molecule has 0 bridgehead atoms. The van der Waals surface area contributed by atoms with E-state index in [0.717, 1.165) is 11.4 Å². The van der Waals surface area contributed by atoms with Crippen molar-refractivity contribution in [3.63, 3.8) is 0 Å². The van der Waals surface area contributed by atoms with Gasteiger partial charge in [0.1, 0.15) is 0 Å². The van der Waals surface area contributed by atoms with Crippen LogP contribution in [0.5, 0.6) is 0 Å². The predicted molar refractivity (Wildman–Crippen MR) is 44.9 cm³/mol. The Morgan fingerprint density at radius 1 is 1.80 bits per heavy atom. The molecule has 55 valence electrons. The minimum atomic E-state index is 0.256. The third-order valence-corrected chi connectivity index (χ3v) is 2.25. The van der Waals surface area contributed by atoms with Crippen LogP contribution in [-0.4, -0.2) is 16.2 Å². The van der Waals surface area contributed by atoms with Gasteiger partial charge in [-0.05, 0) is 20.1 Å². The lowest BCUT2D eigenvalue weighted by Crippen LogP contribution is -1.90. The lowest BCUT2D eigenvalue weighted by atomic mass is 10.3. The van der Waals surface area contributed by atoms with Crippen LogP contribution in [0.3, 0.4) is 0 Å². The monoisotopic (exact) mass is 155 g/mol. The Balaban J connectivity index is 2.82. The average molecular weight is 155 g/mol. The van der Waals surface area contributed by atoms with Crippen molar-refractivity contribution in [3.05, 3.63) is 24.6 Å². The van der Waals surface area contributed by atoms with Crippen molar-refractivity contribution < 1.29 is 0 Å². The summed E-state index contributed by atoms with van der Waals surface area (Å²) < 4.78 is 0. The van der Waals surface area contributed by atoms with Crippen LogP contribution in [0.1, 0.15) is 16.6 Å². The Hall–Kier alpha value is -0.440. The number of nitrogens with zero attached hydrogens (tertiary/aromatic N) is 1. The SMILES string of the molecule is [CH2]C(SC)c1nc[nH]c1C. The van der Waals surface area contributed by atoms with E-state index in [0.29, 0.717) is 0 Å². The molecule has 0 aliphatic carbocycles. The quantitative estimate of drug-likeness (QED) is 0.707. The van der Waals surface area contributed by atoms with Gasteiger partial charge in [-0.25, -0.2) is 4.98 Å². The Kier molecular flexibility index (Phi) is 2.38. The summed E-state index contributed by atoms with van der Waals surface area (Å²) in [6, 6.07) is 0. The van der Waals surface area contributed by atoms with Gasteiger partial charge in [-0.1, -0.05) is 0 Å². The van der Waals surface area contributed by atoms with Crippen LogP contribution in [0.4, 0.5) is 0 Å². The Bertz CT molecular complexity index is 207. The predicted octanol–water partition coefficient (Wildman–Crippen LogP) is 1.96. The zero-order chi connectivity index (χ0) is 7.56. The Labute approximate surface area is 65.4 Å². The summed E-state index contributed by atoms with van der Waals surface area (Å²) in [6.07, 6.45) is 3.74. The Morgan fingerprint density at radius 3 is 2.90 bits per heavy atom. The molecular formula is C7H11N2S. The fourth-order valence-corrected chi connectivity index (χ4v) is 1.27. The topological polar surface area (TPSA) is 28.7 Å². The fourth-order valence-electron chi connectivity index (χ4n) is 0.806. The maximum absolute atomic E-state index is 4.15. The fraction of sp³-hybridized carbons (Fsp3) is 0.429. The molecule has 1 unspecified atom stereocenters. The molecule has 1 heterocycles. The number of imidazole rings is 1. The van der Waals surface area contributed by atoms with Gasteiger partial charge in [0.15, 0.2) is 0 Å². The van der Waals surface area contributed by atoms with E-state index in [9.17, 15) is 0 Å². The largest absolute Gasteiger partial charge is 0.348 e. The summed E-state index contributed by atoms with van der Waals surface area (Å²) in [5.41, 5.74) is 2.18. The minimum Gasteiger partial charge on any atom is -0.348 e. The van der Waals surface area contributed by atoms with Crippen molar-refractivity contribution in [1.29, 1.82) is 0 Å². The van der Waals surface area contributed by atoms with Crippen LogP contribution in [0.15, 0.2) is 6.33 Å². The van der Waals surface area contributed by atoms with Gasteiger partial charge in [-0.2, -0.15) is 11.8 Å². The van der Waals surface area contributed by atoms with Gasteiger partial charge in [0.25, 0.3) is 0 Å². The van der Waals surface area contributed by atoms with Gasteiger partial charge >= 0.3 is 0 Å². The van der Waals surface area contributed by atoms with Crippen LogP contribution in [0.25, 0.3) is 0 Å². The molecule has 1 atom stereocenters. The number of aryl methyl sites for hydroxylation is 1. The van der Waals surface area contributed by atoms with Crippen LogP contribution < -0.4 is 0 Å². The maximum Gasteiger partial charge on any atom is 0.0925 e. The number of rotatable bonds is 2. The average Bonchev–Trinajstić information content (AvgIpc) is 2.34. The normalized spacial score (nSPS) is 13.5. The van der Waals surface area contributed by atoms with Gasteiger partial charge in [0.05, 0.1) is 12.0 Å². The second kappa shape index (κ2) is 3.10. The number of hydrogen-bond donors (Lipinski definition) is 1. The standard InChI is InChI=1S/C7H11N2S/c1-5-7(6(2)10-3)9-4-8-5/h4,6H,2H2,1,3H3,(H,8,9). The molecule has 0 saturated heterocycles. The first-order chi connectivity index (χ1) is 4.75. The van der Waals surface area contributed by atoms with E-state index < -0.39 is 0 Å². The third-order valence-electron chi connectivity index (χ3n) is 1.46. The molecule has 1 N–H and O–H groups in total. The van der Waals surface area contributed by atoms with E-state index in [1.165, 1.54) is 0 Å². The molecule has 0 spiro atoms. The van der Waals surface area contributed by atoms with Crippen LogP contribution in [0.2, 0.25) is 0 Å². The molecule has 10 heavy (non-hydrogen) atoms. The van der Waals surface area contributed by atoms with Gasteiger partial charge in [0, 0.05) is 10.9 Å². The highest BCUT2D eigenvalue weighted by Gasteiger charge is 2.07. The highest BCUT2D eigenvalue weighted by atomic mass is 32.2. The summed E-state index contributed by atoms with van der Waals surface area (Å²) >= 11 is 1.70. The van der Waals surface area contributed by atoms with Crippen LogP contribution in [-0.2, 0) is 0 Å². The van der Waals surface area contributed by atoms with Crippen molar-refractivity contribution in [2.45, 2.75) is 12.2 Å². The first-order valence-corrected chi connectivity index (χ1v) is 4.40. The summed E-state index contributed by atoms with van der Waals surface area (Å²) in [7, 11) is 0. The number of aromatic nitrogens is 2. The molecular weight excluding hydrogens is 144 g/mol. The molecule has 1 rings (SSSR count). The van der Waals surface area contributed by atoms with Gasteiger partial charge in [0.2, 0.25) is 0 Å². The van der Waals surface area contributed by atoms with Crippen molar-refractivity contribution >= 4 is 11.8 Å². The number of aromatic amines is 1. The van der Waals surface area contributed by atoms with E-state index in [1.807, 2.05) is 13.2 Å². The molecule has 3 heteroatoms. The van der Waals surface area contributed by atoms with Crippen molar-refractivity contribution in [2.75, 3.05) is 6.26 Å². The highest BCUT2D eigenvalue weighted by Crippen LogP contribution is 2.24. The van der Waals surface area contributed by atoms with E-state index >= 15 is 0 Å². The molecule has 0 fully saturated rings. The lowest BCUT2D eigenvalue weighted by Gasteiger charge is -2.03. The number of H-pyrrole nitrogens is 1. The second-order valence-electron chi connectivity index (χ2n) is 2.14. The molecule has 2 nitrogen and oxygen atoms in total. The molecule has 0 aliphatic heterocycles. The van der Waals surface area contributed by atoms with E-state index in [1.54, 1.807) is 18.1 Å². The second-order valence-corrected chi connectivity index (χ2v) is 3.18. The molecule has 1 aromatic rings. The summed E-state index contributed by atoms with van der Waals surface area (Å²) in [6.45, 7) is 5.95. The third kappa shape index (κ3) is 1.34. The van der Waals surface area contributed by atoms with E-state index in [-0.39, 0.29) is 5.25 Å². The lowest BCUT2D eigenvalue weighted by molar-refractivity contribution is 1.09. The van der Waals surface area contributed by atoms with Crippen LogP contribution in [0, 0.1) is 13.8 Å². The molecule has 0 amide bonds. The van der Waals surface area contributed by atoms with E-state index in [4.69, 9.17) is 0 Å². The van der Waals surface area contributed by atoms with Crippen LogP contribution >= 0.6 is 11.8 Å². The first-order valence-electron chi connectivity index (χ1n) is 3.11. The number of nitrogens with one attached hydrogen (secondary N) is 1. The maximum atomic E-state index is 4.15. The molecule has 0 aromatic carbocycles. The van der Waals surface area contributed by atoms with Crippen molar-refractivity contribution in [1.82, 2.24) is 9.97 Å². The zero-order valence-electron chi connectivity index (χ0n) is 6.22. The number of hydrogen-bond acceptors (Lipinski definition) is 2. The Morgan fingerprint density at radius 2 is 2.50 bits per heavy atom. The van der Waals surface area contributed by atoms with Crippen molar-refractivity contribution in [3.8, 4) is 0 Å². The molecule has 1 aromatic heterocycles. The van der Waals surface area contributed by atoms with Gasteiger partial charge in [-0.3, -0.25) is 0 Å². The highest BCUT2D eigenvalue weighted by molar-refractivity contribution is 7.98. The summed E-state index contributed by atoms with van der Waals surface area (Å²) in [4.78, 5) is 7.17. The summed E-state index contributed by atoms with van der Waals surface area (Å²) in [5.74, 6) is 0. The number of thioether (sulfide) groups is 1. The molecule has 0 aliphatic rings. The first kappa shape index (κ1) is 7.66. The van der Waals surface area contributed by atoms with Gasteiger partial charge < -0.3 is 4.98 Å². The van der Waals surface area contributed by atoms with Gasteiger partial charge in [-0.15, -0.1) is 0 Å². The molecule has 0 saturated carbocycles. The summed E-state index contributed by atoms with van der Waals surface area (Å²) in [5, 5.41) is 0.256. The minimum absolute atomic E-state index is 0.256. The molecule has 1 radical (unpaired) electrons.